The van der Waals surface area contributed by atoms with Crippen molar-refractivity contribution in [1.29, 1.82) is 0 Å². The van der Waals surface area contributed by atoms with Gasteiger partial charge in [0.1, 0.15) is 0 Å². The highest BCUT2D eigenvalue weighted by molar-refractivity contribution is 5.94. The molecule has 2 saturated heterocycles. The van der Waals surface area contributed by atoms with Crippen molar-refractivity contribution in [1.82, 2.24) is 9.80 Å². The highest BCUT2D eigenvalue weighted by Crippen LogP contribution is 2.37. The first-order valence-electron chi connectivity index (χ1n) is 9.47. The summed E-state index contributed by atoms with van der Waals surface area (Å²) in [7, 11) is 1.94. The Balaban J connectivity index is 1.59. The highest BCUT2D eigenvalue weighted by Gasteiger charge is 2.43. The molecule has 3 rings (SSSR count). The van der Waals surface area contributed by atoms with E-state index in [4.69, 9.17) is 0 Å². The third-order valence-corrected chi connectivity index (χ3v) is 5.87. The SMILES string of the molecule is C=CCCC(O)CN1C2CCC1CC(N(C)C(=O)c1ccccc1)C2. The maximum absolute atomic E-state index is 12.7. The topological polar surface area (TPSA) is 43.8 Å². The quantitative estimate of drug-likeness (QED) is 0.775. The molecule has 0 saturated carbocycles. The second-order valence-corrected chi connectivity index (χ2v) is 7.51. The lowest BCUT2D eigenvalue weighted by atomic mass is 9.95. The van der Waals surface area contributed by atoms with E-state index in [9.17, 15) is 9.90 Å². The Morgan fingerprint density at radius 1 is 1.32 bits per heavy atom. The van der Waals surface area contributed by atoms with Crippen LogP contribution in [-0.4, -0.2) is 58.6 Å². The molecule has 4 heteroatoms. The molecule has 1 amide bonds. The van der Waals surface area contributed by atoms with Crippen molar-refractivity contribution in [3.63, 3.8) is 0 Å². The van der Waals surface area contributed by atoms with Gasteiger partial charge in [-0.25, -0.2) is 0 Å². The predicted octanol–water partition coefficient (Wildman–Crippen LogP) is 3.08. The Morgan fingerprint density at radius 3 is 2.56 bits per heavy atom. The number of benzene rings is 1. The Bertz CT molecular complexity index is 575. The Morgan fingerprint density at radius 2 is 1.96 bits per heavy atom. The lowest BCUT2D eigenvalue weighted by molar-refractivity contribution is 0.0263. The molecule has 0 aliphatic carbocycles. The minimum atomic E-state index is -0.277. The predicted molar refractivity (Wildman–Crippen MR) is 101 cm³/mol. The van der Waals surface area contributed by atoms with Crippen LogP contribution in [-0.2, 0) is 0 Å². The van der Waals surface area contributed by atoms with Gasteiger partial charge in [-0.1, -0.05) is 24.3 Å². The van der Waals surface area contributed by atoms with E-state index in [0.29, 0.717) is 18.1 Å². The summed E-state index contributed by atoms with van der Waals surface area (Å²) >= 11 is 0. The Labute approximate surface area is 151 Å². The second-order valence-electron chi connectivity index (χ2n) is 7.51. The van der Waals surface area contributed by atoms with Crippen LogP contribution in [0.3, 0.4) is 0 Å². The van der Waals surface area contributed by atoms with Gasteiger partial charge in [-0.15, -0.1) is 6.58 Å². The van der Waals surface area contributed by atoms with Crippen molar-refractivity contribution < 1.29 is 9.90 Å². The van der Waals surface area contributed by atoms with Gasteiger partial charge in [0.15, 0.2) is 0 Å². The highest BCUT2D eigenvalue weighted by atomic mass is 16.3. The molecule has 136 valence electrons. The molecule has 1 N–H and O–H groups in total. The van der Waals surface area contributed by atoms with Crippen molar-refractivity contribution in [3.05, 3.63) is 48.6 Å². The fraction of sp³-hybridized carbons (Fsp3) is 0.571. The maximum Gasteiger partial charge on any atom is 0.253 e. The third-order valence-electron chi connectivity index (χ3n) is 5.87. The summed E-state index contributed by atoms with van der Waals surface area (Å²) in [6.07, 6.45) is 7.64. The van der Waals surface area contributed by atoms with E-state index >= 15 is 0 Å². The van der Waals surface area contributed by atoms with E-state index in [1.807, 2.05) is 48.4 Å². The number of carbonyl (C=O) groups excluding carboxylic acids is 1. The van der Waals surface area contributed by atoms with Crippen molar-refractivity contribution in [3.8, 4) is 0 Å². The molecule has 2 aliphatic rings. The van der Waals surface area contributed by atoms with Crippen LogP contribution in [0.25, 0.3) is 0 Å². The molecule has 3 atom stereocenters. The Hall–Kier alpha value is -1.65. The monoisotopic (exact) mass is 342 g/mol. The van der Waals surface area contributed by atoms with Gasteiger partial charge in [0.25, 0.3) is 5.91 Å². The minimum absolute atomic E-state index is 0.115. The fourth-order valence-electron chi connectivity index (χ4n) is 4.45. The van der Waals surface area contributed by atoms with Crippen LogP contribution >= 0.6 is 0 Å². The molecule has 0 spiro atoms. The third kappa shape index (κ3) is 4.13. The van der Waals surface area contributed by atoms with E-state index in [-0.39, 0.29) is 12.0 Å². The van der Waals surface area contributed by atoms with Gasteiger partial charge in [-0.05, 0) is 50.7 Å². The average Bonchev–Trinajstić information content (AvgIpc) is 2.87. The molecule has 0 radical (unpaired) electrons. The summed E-state index contributed by atoms with van der Waals surface area (Å²) in [5.74, 6) is 0.115. The zero-order valence-electron chi connectivity index (χ0n) is 15.2. The first-order chi connectivity index (χ1) is 12.1. The van der Waals surface area contributed by atoms with Crippen LogP contribution in [0, 0.1) is 0 Å². The molecule has 2 heterocycles. The van der Waals surface area contributed by atoms with Crippen LogP contribution in [0.2, 0.25) is 0 Å². The number of aliphatic hydroxyl groups excluding tert-OH is 1. The van der Waals surface area contributed by atoms with Crippen molar-refractivity contribution in [2.24, 2.45) is 0 Å². The number of nitrogens with zero attached hydrogens (tertiary/aromatic N) is 2. The lowest BCUT2D eigenvalue weighted by Crippen LogP contribution is -2.52. The number of rotatable bonds is 7. The van der Waals surface area contributed by atoms with Crippen LogP contribution in [0.4, 0.5) is 0 Å². The van der Waals surface area contributed by atoms with Gasteiger partial charge >= 0.3 is 0 Å². The first kappa shape index (κ1) is 18.2. The maximum atomic E-state index is 12.7. The Kier molecular flexibility index (Phi) is 5.92. The van der Waals surface area contributed by atoms with E-state index in [0.717, 1.165) is 37.8 Å². The summed E-state index contributed by atoms with van der Waals surface area (Å²) in [6, 6.07) is 10.8. The van der Waals surface area contributed by atoms with Gasteiger partial charge in [-0.3, -0.25) is 9.69 Å². The molecule has 4 nitrogen and oxygen atoms in total. The molecule has 25 heavy (non-hydrogen) atoms. The van der Waals surface area contributed by atoms with E-state index in [1.165, 1.54) is 12.8 Å². The number of aliphatic hydroxyl groups is 1. The number of allylic oxidation sites excluding steroid dienone is 1. The first-order valence-corrected chi connectivity index (χ1v) is 9.47. The fourth-order valence-corrected chi connectivity index (χ4v) is 4.45. The molecule has 1 aromatic carbocycles. The largest absolute Gasteiger partial charge is 0.392 e. The summed E-state index contributed by atoms with van der Waals surface area (Å²) in [5.41, 5.74) is 0.764. The number of hydrogen-bond acceptors (Lipinski definition) is 3. The molecule has 2 fully saturated rings. The average molecular weight is 342 g/mol. The summed E-state index contributed by atoms with van der Waals surface area (Å²) in [4.78, 5) is 17.1. The van der Waals surface area contributed by atoms with Crippen LogP contribution in [0.5, 0.6) is 0 Å². The van der Waals surface area contributed by atoms with E-state index in [2.05, 4.69) is 11.5 Å². The van der Waals surface area contributed by atoms with Crippen LogP contribution < -0.4 is 0 Å². The standard InChI is InChI=1S/C21H30N2O2/c1-3-4-10-20(24)15-23-17-11-12-18(23)14-19(13-17)22(2)21(25)16-8-6-5-7-9-16/h3,5-9,17-20,24H,1,4,10-15H2,2H3. The van der Waals surface area contributed by atoms with Gasteiger partial charge in [-0.2, -0.15) is 0 Å². The molecule has 3 unspecified atom stereocenters. The molecule has 1 aromatic rings. The summed E-state index contributed by atoms with van der Waals surface area (Å²) in [5, 5.41) is 10.3. The number of piperidine rings is 1. The van der Waals surface area contributed by atoms with Crippen molar-refractivity contribution in [2.45, 2.75) is 62.8 Å². The lowest BCUT2D eigenvalue weighted by Gasteiger charge is -2.43. The van der Waals surface area contributed by atoms with Crippen molar-refractivity contribution in [2.75, 3.05) is 13.6 Å². The summed E-state index contributed by atoms with van der Waals surface area (Å²) < 4.78 is 0. The van der Waals surface area contributed by atoms with Gasteiger partial charge in [0.05, 0.1) is 6.10 Å². The van der Waals surface area contributed by atoms with E-state index in [1.54, 1.807) is 0 Å². The van der Waals surface area contributed by atoms with Gasteiger partial charge in [0.2, 0.25) is 0 Å². The number of fused-ring (bicyclic) bond motifs is 2. The molecule has 0 aromatic heterocycles. The van der Waals surface area contributed by atoms with Gasteiger partial charge in [0, 0.05) is 37.3 Å². The normalized spacial score (nSPS) is 27.0. The van der Waals surface area contributed by atoms with Gasteiger partial charge < -0.3 is 10.0 Å². The van der Waals surface area contributed by atoms with E-state index < -0.39 is 0 Å². The number of hydrogen-bond donors (Lipinski definition) is 1. The number of amides is 1. The molecular formula is C21H30N2O2. The zero-order chi connectivity index (χ0) is 17.8. The zero-order valence-corrected chi connectivity index (χ0v) is 15.2. The van der Waals surface area contributed by atoms with Crippen molar-refractivity contribution >= 4 is 5.91 Å². The second kappa shape index (κ2) is 8.15. The minimum Gasteiger partial charge on any atom is -0.392 e. The number of carbonyl (C=O) groups is 1. The molecule has 2 aliphatic heterocycles. The van der Waals surface area contributed by atoms with Crippen LogP contribution in [0.15, 0.2) is 43.0 Å². The van der Waals surface area contributed by atoms with Crippen LogP contribution in [0.1, 0.15) is 48.9 Å². The smallest absolute Gasteiger partial charge is 0.253 e. The summed E-state index contributed by atoms with van der Waals surface area (Å²) in [6.45, 7) is 4.49. The molecular weight excluding hydrogens is 312 g/mol. The molecule has 2 bridgehead atoms.